The number of carbonyl (C=O) groups excluding carboxylic acids is 1. The average Bonchev–Trinajstić information content (AvgIpc) is 2.92. The van der Waals surface area contributed by atoms with Crippen molar-refractivity contribution in [3.63, 3.8) is 0 Å². The second kappa shape index (κ2) is 6.10. The predicted octanol–water partition coefficient (Wildman–Crippen LogP) is 2.78. The normalized spacial score (nSPS) is 10.9. The van der Waals surface area contributed by atoms with Gasteiger partial charge in [-0.1, -0.05) is 24.3 Å². The van der Waals surface area contributed by atoms with Crippen LogP contribution in [0.15, 0.2) is 48.8 Å². The molecule has 6 heteroatoms. The lowest BCUT2D eigenvalue weighted by Gasteiger charge is -2.12. The molecule has 0 aliphatic carbocycles. The first-order chi connectivity index (χ1) is 11.1. The Morgan fingerprint density at radius 2 is 2.04 bits per heavy atom. The summed E-state index contributed by atoms with van der Waals surface area (Å²) in [6, 6.07) is 11.1. The van der Waals surface area contributed by atoms with E-state index in [0.29, 0.717) is 11.6 Å². The third-order valence-corrected chi connectivity index (χ3v) is 3.89. The summed E-state index contributed by atoms with van der Waals surface area (Å²) in [7, 11) is 0. The molecule has 0 radical (unpaired) electrons. The maximum atomic E-state index is 10.9. The molecule has 3 N–H and O–H groups in total. The molecule has 0 saturated heterocycles. The monoisotopic (exact) mass is 310 g/mol. The molecule has 0 unspecified atom stereocenters. The Balaban J connectivity index is 2.04. The number of carbonyl (C=O) groups is 1. The molecule has 1 aromatic carbocycles. The van der Waals surface area contributed by atoms with Crippen LogP contribution in [-0.2, 0) is 6.54 Å². The van der Waals surface area contributed by atoms with E-state index >= 15 is 0 Å². The van der Waals surface area contributed by atoms with E-state index in [1.807, 2.05) is 48.0 Å². The molecular formula is C17H18N4O2. The van der Waals surface area contributed by atoms with Gasteiger partial charge < -0.3 is 10.3 Å². The number of fused-ring (bicyclic) bond motifs is 1. The third kappa shape index (κ3) is 2.89. The number of hydroxylamine groups is 2. The molecule has 0 aliphatic rings. The number of pyridine rings is 1. The Hall–Kier alpha value is -2.86. The minimum atomic E-state index is -0.857. The Labute approximate surface area is 133 Å². The van der Waals surface area contributed by atoms with Crippen LogP contribution in [0.3, 0.4) is 0 Å². The van der Waals surface area contributed by atoms with Crippen molar-refractivity contribution in [1.82, 2.24) is 14.6 Å². The van der Waals surface area contributed by atoms with Crippen LogP contribution >= 0.6 is 0 Å². The summed E-state index contributed by atoms with van der Waals surface area (Å²) in [5, 5.41) is 11.1. The Morgan fingerprint density at radius 3 is 2.78 bits per heavy atom. The van der Waals surface area contributed by atoms with Gasteiger partial charge in [0.2, 0.25) is 0 Å². The molecule has 2 heterocycles. The van der Waals surface area contributed by atoms with Crippen molar-refractivity contribution in [3.05, 3.63) is 54.5 Å². The number of nitrogens with two attached hydrogens (primary N) is 1. The number of hydrogen-bond acceptors (Lipinski definition) is 3. The number of nitrogens with zero attached hydrogens (tertiary/aromatic N) is 3. The van der Waals surface area contributed by atoms with Gasteiger partial charge in [0.05, 0.1) is 6.54 Å². The lowest BCUT2D eigenvalue weighted by atomic mass is 10.0. The average molecular weight is 310 g/mol. The van der Waals surface area contributed by atoms with E-state index in [1.165, 1.54) is 0 Å². The van der Waals surface area contributed by atoms with Gasteiger partial charge in [-0.25, -0.2) is 9.86 Å². The summed E-state index contributed by atoms with van der Waals surface area (Å²) in [5.41, 5.74) is 9.18. The van der Waals surface area contributed by atoms with E-state index in [1.54, 1.807) is 6.20 Å². The molecule has 0 bridgehead atoms. The van der Waals surface area contributed by atoms with Gasteiger partial charge in [0.1, 0.15) is 0 Å². The molecule has 0 spiro atoms. The number of aryl methyl sites for hydroxylation is 1. The van der Waals surface area contributed by atoms with Gasteiger partial charge in [0, 0.05) is 46.7 Å². The highest BCUT2D eigenvalue weighted by molar-refractivity contribution is 5.96. The minimum absolute atomic E-state index is 0.124. The standard InChI is InChI=1S/C17H18N4O2/c1-12-13(6-4-8-19-12)15-11-20(9-10-21(23)17(18)22)16-7-3-2-5-14(15)16/h2-8,11,23H,9-10H2,1H3,(H2,18,22). The van der Waals surface area contributed by atoms with Crippen molar-refractivity contribution in [1.29, 1.82) is 0 Å². The first-order valence-electron chi connectivity index (χ1n) is 7.33. The number of para-hydroxylation sites is 1. The van der Waals surface area contributed by atoms with Gasteiger partial charge in [-0.3, -0.25) is 10.2 Å². The Kier molecular flexibility index (Phi) is 3.99. The molecule has 0 fully saturated rings. The van der Waals surface area contributed by atoms with Crippen molar-refractivity contribution in [2.75, 3.05) is 6.54 Å². The van der Waals surface area contributed by atoms with Crippen molar-refractivity contribution in [2.45, 2.75) is 13.5 Å². The van der Waals surface area contributed by atoms with Crippen LogP contribution in [0.2, 0.25) is 0 Å². The number of benzene rings is 1. The molecule has 6 nitrogen and oxygen atoms in total. The molecule has 3 aromatic rings. The highest BCUT2D eigenvalue weighted by atomic mass is 16.5. The van der Waals surface area contributed by atoms with E-state index in [-0.39, 0.29) is 6.54 Å². The Morgan fingerprint density at radius 1 is 1.26 bits per heavy atom. The summed E-state index contributed by atoms with van der Waals surface area (Å²) >= 11 is 0. The fourth-order valence-electron chi connectivity index (χ4n) is 2.73. The number of primary amides is 1. The molecule has 0 aliphatic heterocycles. The first-order valence-corrected chi connectivity index (χ1v) is 7.33. The molecule has 3 rings (SSSR count). The zero-order valence-corrected chi connectivity index (χ0v) is 12.8. The maximum Gasteiger partial charge on any atom is 0.338 e. The molecule has 2 amide bonds. The van der Waals surface area contributed by atoms with Gasteiger partial charge >= 0.3 is 6.03 Å². The van der Waals surface area contributed by atoms with Crippen molar-refractivity contribution >= 4 is 16.9 Å². The number of hydrogen-bond donors (Lipinski definition) is 2. The third-order valence-electron chi connectivity index (χ3n) is 3.89. The van der Waals surface area contributed by atoms with Crippen LogP contribution in [0.4, 0.5) is 4.79 Å². The van der Waals surface area contributed by atoms with Gasteiger partial charge in [0.15, 0.2) is 0 Å². The quantitative estimate of drug-likeness (QED) is 0.574. The van der Waals surface area contributed by atoms with Crippen molar-refractivity contribution in [3.8, 4) is 11.1 Å². The second-order valence-electron chi connectivity index (χ2n) is 5.35. The highest BCUT2D eigenvalue weighted by Gasteiger charge is 2.13. The summed E-state index contributed by atoms with van der Waals surface area (Å²) < 4.78 is 2.00. The molecule has 23 heavy (non-hydrogen) atoms. The summed E-state index contributed by atoms with van der Waals surface area (Å²) in [6.07, 6.45) is 3.79. The predicted molar refractivity (Wildman–Crippen MR) is 88.0 cm³/mol. The zero-order chi connectivity index (χ0) is 16.4. The largest absolute Gasteiger partial charge is 0.350 e. The topological polar surface area (TPSA) is 84.4 Å². The number of aromatic nitrogens is 2. The van der Waals surface area contributed by atoms with Crippen LogP contribution in [0, 0.1) is 6.92 Å². The highest BCUT2D eigenvalue weighted by Crippen LogP contribution is 2.31. The van der Waals surface area contributed by atoms with Gasteiger partial charge in [-0.15, -0.1) is 0 Å². The zero-order valence-electron chi connectivity index (χ0n) is 12.8. The van der Waals surface area contributed by atoms with Crippen molar-refractivity contribution in [2.24, 2.45) is 5.73 Å². The van der Waals surface area contributed by atoms with Crippen LogP contribution in [0.5, 0.6) is 0 Å². The number of amides is 2. The van der Waals surface area contributed by atoms with Gasteiger partial charge in [0.25, 0.3) is 0 Å². The maximum absolute atomic E-state index is 10.9. The van der Waals surface area contributed by atoms with E-state index in [0.717, 1.165) is 27.7 Å². The molecular weight excluding hydrogens is 292 g/mol. The summed E-state index contributed by atoms with van der Waals surface area (Å²) in [4.78, 5) is 15.3. The smallest absolute Gasteiger partial charge is 0.338 e. The van der Waals surface area contributed by atoms with E-state index in [4.69, 9.17) is 5.73 Å². The van der Waals surface area contributed by atoms with E-state index in [9.17, 15) is 10.0 Å². The van der Waals surface area contributed by atoms with Crippen molar-refractivity contribution < 1.29 is 10.0 Å². The fourth-order valence-corrected chi connectivity index (χ4v) is 2.73. The SMILES string of the molecule is Cc1ncccc1-c1cn(CCN(O)C(N)=O)c2ccccc12. The number of urea groups is 1. The Bertz CT molecular complexity index is 857. The van der Waals surface area contributed by atoms with Crippen LogP contribution in [-0.4, -0.2) is 32.4 Å². The van der Waals surface area contributed by atoms with Gasteiger partial charge in [-0.2, -0.15) is 0 Å². The second-order valence-corrected chi connectivity index (χ2v) is 5.35. The lowest BCUT2D eigenvalue weighted by Crippen LogP contribution is -2.34. The first kappa shape index (κ1) is 15.1. The minimum Gasteiger partial charge on any atom is -0.350 e. The lowest BCUT2D eigenvalue weighted by molar-refractivity contribution is -0.0413. The summed E-state index contributed by atoms with van der Waals surface area (Å²) in [6.45, 7) is 2.54. The molecule has 0 atom stereocenters. The summed E-state index contributed by atoms with van der Waals surface area (Å²) in [5.74, 6) is 0. The van der Waals surface area contributed by atoms with E-state index < -0.39 is 6.03 Å². The van der Waals surface area contributed by atoms with Crippen LogP contribution < -0.4 is 5.73 Å². The van der Waals surface area contributed by atoms with Gasteiger partial charge in [-0.05, 0) is 19.1 Å². The number of rotatable bonds is 4. The molecule has 118 valence electrons. The molecule has 2 aromatic heterocycles. The van der Waals surface area contributed by atoms with E-state index in [2.05, 4.69) is 11.1 Å². The fraction of sp³-hybridized carbons (Fsp3) is 0.176. The van der Waals surface area contributed by atoms with Crippen LogP contribution in [0.1, 0.15) is 5.69 Å². The van der Waals surface area contributed by atoms with Crippen LogP contribution in [0.25, 0.3) is 22.0 Å². The molecule has 0 saturated carbocycles.